The third kappa shape index (κ3) is 2.30. The van der Waals surface area contributed by atoms with Gasteiger partial charge in [-0.2, -0.15) is 0 Å². The molecule has 1 unspecified atom stereocenters. The molecule has 0 aliphatic heterocycles. The summed E-state index contributed by atoms with van der Waals surface area (Å²) in [4.78, 5) is 16.7. The van der Waals surface area contributed by atoms with Gasteiger partial charge in [0, 0.05) is 7.11 Å². The van der Waals surface area contributed by atoms with Gasteiger partial charge in [-0.15, -0.1) is 11.6 Å². The van der Waals surface area contributed by atoms with Crippen LogP contribution in [-0.2, 0) is 4.74 Å². The fourth-order valence-electron chi connectivity index (χ4n) is 2.75. The van der Waals surface area contributed by atoms with Crippen molar-refractivity contribution in [1.82, 2.24) is 9.97 Å². The van der Waals surface area contributed by atoms with Crippen molar-refractivity contribution in [2.75, 3.05) is 7.11 Å². The molecule has 0 spiro atoms. The number of ether oxygens (including phenoxy) is 1. The second-order valence-electron chi connectivity index (χ2n) is 5.30. The van der Waals surface area contributed by atoms with E-state index in [1.54, 1.807) is 7.11 Å². The minimum absolute atomic E-state index is 0.0487. The van der Waals surface area contributed by atoms with Gasteiger partial charge in [-0.1, -0.05) is 6.07 Å². The summed E-state index contributed by atoms with van der Waals surface area (Å²) in [7, 11) is 1.76. The van der Waals surface area contributed by atoms with Crippen molar-refractivity contribution in [3.8, 4) is 0 Å². The maximum Gasteiger partial charge on any atom is 0.323 e. The van der Waals surface area contributed by atoms with Crippen molar-refractivity contribution in [2.24, 2.45) is 0 Å². The molecule has 19 heavy (non-hydrogen) atoms. The number of alkyl halides is 1. The van der Waals surface area contributed by atoms with Crippen LogP contribution < -0.4 is 5.69 Å². The highest BCUT2D eigenvalue weighted by atomic mass is 35.5. The van der Waals surface area contributed by atoms with Gasteiger partial charge in [0.1, 0.15) is 0 Å². The molecule has 0 amide bonds. The maximum atomic E-state index is 11.2. The Morgan fingerprint density at radius 3 is 2.74 bits per heavy atom. The summed E-state index contributed by atoms with van der Waals surface area (Å²) < 4.78 is 5.61. The first-order valence-corrected chi connectivity index (χ1v) is 6.97. The lowest BCUT2D eigenvalue weighted by atomic mass is 9.76. The van der Waals surface area contributed by atoms with E-state index in [-0.39, 0.29) is 16.7 Å². The van der Waals surface area contributed by atoms with E-state index in [9.17, 15) is 4.79 Å². The molecule has 4 nitrogen and oxygen atoms in total. The van der Waals surface area contributed by atoms with E-state index in [1.165, 1.54) is 6.42 Å². The van der Waals surface area contributed by atoms with Crippen molar-refractivity contribution in [3.63, 3.8) is 0 Å². The summed E-state index contributed by atoms with van der Waals surface area (Å²) in [5.74, 6) is 0. The van der Waals surface area contributed by atoms with E-state index in [4.69, 9.17) is 16.3 Å². The number of H-pyrrole nitrogens is 2. The molecule has 3 rings (SSSR count). The van der Waals surface area contributed by atoms with Gasteiger partial charge in [-0.3, -0.25) is 0 Å². The Hall–Kier alpha value is -1.26. The van der Waals surface area contributed by atoms with Crippen LogP contribution >= 0.6 is 11.6 Å². The van der Waals surface area contributed by atoms with Gasteiger partial charge in [0.2, 0.25) is 0 Å². The number of hydrogen-bond donors (Lipinski definition) is 2. The van der Waals surface area contributed by atoms with Crippen LogP contribution in [-0.4, -0.2) is 22.7 Å². The molecular weight excluding hydrogens is 264 g/mol. The van der Waals surface area contributed by atoms with Gasteiger partial charge >= 0.3 is 5.69 Å². The fraction of sp³-hybridized carbons (Fsp3) is 0.500. The highest BCUT2D eigenvalue weighted by Gasteiger charge is 2.38. The highest BCUT2D eigenvalue weighted by molar-refractivity contribution is 6.21. The van der Waals surface area contributed by atoms with Crippen LogP contribution in [0.2, 0.25) is 0 Å². The number of imidazole rings is 1. The van der Waals surface area contributed by atoms with Gasteiger partial charge in [0.25, 0.3) is 0 Å². The molecule has 2 N–H and O–H groups in total. The largest absolute Gasteiger partial charge is 0.378 e. The summed E-state index contributed by atoms with van der Waals surface area (Å²) in [6, 6.07) is 5.79. The van der Waals surface area contributed by atoms with E-state index < -0.39 is 0 Å². The molecular formula is C14H17ClN2O2. The minimum Gasteiger partial charge on any atom is -0.378 e. The second kappa shape index (κ2) is 4.69. The molecule has 0 saturated heterocycles. The van der Waals surface area contributed by atoms with E-state index >= 15 is 0 Å². The smallest absolute Gasteiger partial charge is 0.323 e. The average Bonchev–Trinajstić information content (AvgIpc) is 2.72. The van der Waals surface area contributed by atoms with Crippen molar-refractivity contribution >= 4 is 22.6 Å². The molecule has 1 aromatic carbocycles. The van der Waals surface area contributed by atoms with Gasteiger partial charge < -0.3 is 14.7 Å². The summed E-state index contributed by atoms with van der Waals surface area (Å²) in [5.41, 5.74) is 2.39. The molecule has 0 bridgehead atoms. The number of halogens is 1. The zero-order valence-corrected chi connectivity index (χ0v) is 11.6. The Bertz CT molecular complexity index is 637. The van der Waals surface area contributed by atoms with Gasteiger partial charge in [-0.25, -0.2) is 4.79 Å². The molecule has 1 aromatic heterocycles. The summed E-state index contributed by atoms with van der Waals surface area (Å²) in [6.45, 7) is 0. The number of fused-ring (bicyclic) bond motifs is 1. The molecule has 1 atom stereocenters. The lowest BCUT2D eigenvalue weighted by molar-refractivity contribution is -0.0780. The first-order chi connectivity index (χ1) is 9.12. The first-order valence-electron chi connectivity index (χ1n) is 6.53. The number of methoxy groups -OCH3 is 1. The number of nitrogens with one attached hydrogen (secondary N) is 2. The predicted molar refractivity (Wildman–Crippen MR) is 75.7 cm³/mol. The summed E-state index contributed by atoms with van der Waals surface area (Å²) in [5, 5.41) is -0.0944. The molecule has 1 heterocycles. The molecule has 0 radical (unpaired) electrons. The average molecular weight is 281 g/mol. The Kier molecular flexibility index (Phi) is 3.15. The first kappa shape index (κ1) is 12.8. The molecule has 1 aliphatic carbocycles. The number of aromatic amines is 2. The normalized spacial score (nSPS) is 19.3. The lowest BCUT2D eigenvalue weighted by Crippen LogP contribution is -2.39. The van der Waals surface area contributed by atoms with Crippen molar-refractivity contribution in [2.45, 2.75) is 36.7 Å². The van der Waals surface area contributed by atoms with Crippen LogP contribution in [0.5, 0.6) is 0 Å². The van der Waals surface area contributed by atoms with E-state index in [2.05, 4.69) is 9.97 Å². The lowest BCUT2D eigenvalue weighted by Gasteiger charge is -2.41. The Labute approximate surface area is 116 Å². The number of benzene rings is 1. The quantitative estimate of drug-likeness (QED) is 0.846. The van der Waals surface area contributed by atoms with Crippen LogP contribution in [0.15, 0.2) is 23.0 Å². The van der Waals surface area contributed by atoms with Gasteiger partial charge in [0.15, 0.2) is 0 Å². The zero-order valence-electron chi connectivity index (χ0n) is 10.8. The van der Waals surface area contributed by atoms with Crippen LogP contribution in [0.1, 0.15) is 36.6 Å². The fourth-order valence-corrected chi connectivity index (χ4v) is 3.17. The maximum absolute atomic E-state index is 11.2. The molecule has 2 aromatic rings. The summed E-state index contributed by atoms with van der Waals surface area (Å²) in [6.07, 6.45) is 4.18. The Morgan fingerprint density at radius 1 is 1.37 bits per heavy atom. The topological polar surface area (TPSA) is 57.9 Å². The molecule has 1 saturated carbocycles. The minimum atomic E-state index is -0.189. The summed E-state index contributed by atoms with van der Waals surface area (Å²) >= 11 is 6.51. The molecule has 102 valence electrons. The predicted octanol–water partition coefficient (Wildman–Crippen LogP) is 3.10. The van der Waals surface area contributed by atoms with Crippen molar-refractivity contribution in [3.05, 3.63) is 34.2 Å². The van der Waals surface area contributed by atoms with Crippen LogP contribution in [0.3, 0.4) is 0 Å². The second-order valence-corrected chi connectivity index (χ2v) is 5.82. The highest BCUT2D eigenvalue weighted by Crippen LogP contribution is 2.43. The van der Waals surface area contributed by atoms with Crippen molar-refractivity contribution < 1.29 is 4.74 Å². The van der Waals surface area contributed by atoms with E-state index in [0.29, 0.717) is 0 Å². The van der Waals surface area contributed by atoms with Crippen LogP contribution in [0, 0.1) is 0 Å². The monoisotopic (exact) mass is 280 g/mol. The Balaban J connectivity index is 1.84. The number of aromatic nitrogens is 2. The SMILES string of the molecule is COC1(CC(Cl)c2ccc3[nH]c(=O)[nH]c3c2)CCC1. The standard InChI is InChI=1S/C14H17ClN2O2/c1-19-14(5-2-6-14)8-10(15)9-3-4-11-12(7-9)17-13(18)16-11/h3-4,7,10H,2,5-6,8H2,1H3,(H2,16,17,18). The third-order valence-corrected chi connectivity index (χ3v) is 4.56. The van der Waals surface area contributed by atoms with E-state index in [1.807, 2.05) is 18.2 Å². The molecule has 1 aliphatic rings. The van der Waals surface area contributed by atoms with Crippen LogP contribution in [0.25, 0.3) is 11.0 Å². The molecule has 1 fully saturated rings. The number of hydrogen-bond acceptors (Lipinski definition) is 2. The van der Waals surface area contributed by atoms with Gasteiger partial charge in [-0.05, 0) is 43.4 Å². The number of rotatable bonds is 4. The van der Waals surface area contributed by atoms with Crippen LogP contribution in [0.4, 0.5) is 0 Å². The molecule has 5 heteroatoms. The zero-order chi connectivity index (χ0) is 13.5. The Morgan fingerprint density at radius 2 is 2.11 bits per heavy atom. The van der Waals surface area contributed by atoms with Gasteiger partial charge in [0.05, 0.1) is 22.0 Å². The van der Waals surface area contributed by atoms with Crippen molar-refractivity contribution in [1.29, 1.82) is 0 Å². The van der Waals surface area contributed by atoms with E-state index in [0.717, 1.165) is 35.9 Å². The third-order valence-electron chi connectivity index (χ3n) is 4.15.